The van der Waals surface area contributed by atoms with Crippen molar-refractivity contribution in [3.05, 3.63) is 30.3 Å². The molecule has 20 heavy (non-hydrogen) atoms. The maximum absolute atomic E-state index is 6.40. The summed E-state index contributed by atoms with van der Waals surface area (Å²) in [6.45, 7) is 0. The number of benzene rings is 1. The number of nitrogens with one attached hydrogen (secondary N) is 1. The smallest absolute Gasteiger partial charge is 0.119 e. The van der Waals surface area contributed by atoms with Crippen molar-refractivity contribution in [2.75, 3.05) is 0 Å². The first kappa shape index (κ1) is 12.7. The minimum absolute atomic E-state index is 0.314. The van der Waals surface area contributed by atoms with Crippen LogP contribution in [-0.4, -0.2) is 17.7 Å². The fourth-order valence-corrected chi connectivity index (χ4v) is 4.70. The van der Waals surface area contributed by atoms with Gasteiger partial charge in [-0.3, -0.25) is 0 Å². The average molecular weight is 271 g/mol. The van der Waals surface area contributed by atoms with Crippen LogP contribution < -0.4 is 10.1 Å². The van der Waals surface area contributed by atoms with Gasteiger partial charge in [-0.15, -0.1) is 0 Å². The molecule has 108 valence electrons. The zero-order chi connectivity index (χ0) is 13.4. The van der Waals surface area contributed by atoms with Gasteiger partial charge in [0.15, 0.2) is 0 Å². The van der Waals surface area contributed by atoms with Crippen LogP contribution in [0.25, 0.3) is 0 Å². The second kappa shape index (κ2) is 5.07. The summed E-state index contributed by atoms with van der Waals surface area (Å²) in [6, 6.07) is 11.1. The number of para-hydroxylation sites is 1. The van der Waals surface area contributed by atoms with Gasteiger partial charge in [-0.1, -0.05) is 37.5 Å². The number of ether oxygens (including phenoxy) is 1. The van der Waals surface area contributed by atoms with E-state index in [1.54, 1.807) is 0 Å². The Morgan fingerprint density at radius 1 is 0.900 bits per heavy atom. The molecule has 3 fully saturated rings. The molecule has 2 heteroatoms. The molecule has 0 amide bonds. The standard InChI is InChI=1S/C18H25NO/c1-3-8-14(9-4-1)18-16(19-18)12-7-13-17(18)20-15-10-5-2-6-11-15/h2,5-6,10-11,14,16-17,19H,1,3-4,7-9,12-13H2. The van der Waals surface area contributed by atoms with E-state index in [1.807, 2.05) is 0 Å². The van der Waals surface area contributed by atoms with Crippen molar-refractivity contribution in [1.82, 2.24) is 5.32 Å². The highest BCUT2D eigenvalue weighted by Gasteiger charge is 2.64. The Labute approximate surface area is 121 Å². The quantitative estimate of drug-likeness (QED) is 0.845. The van der Waals surface area contributed by atoms with Gasteiger partial charge in [-0.2, -0.15) is 0 Å². The van der Waals surface area contributed by atoms with Gasteiger partial charge in [0.25, 0.3) is 0 Å². The highest BCUT2D eigenvalue weighted by Crippen LogP contribution is 2.51. The van der Waals surface area contributed by atoms with Gasteiger partial charge in [-0.25, -0.2) is 0 Å². The van der Waals surface area contributed by atoms with Gasteiger partial charge in [0, 0.05) is 6.04 Å². The van der Waals surface area contributed by atoms with Crippen LogP contribution in [0.2, 0.25) is 0 Å². The first-order chi connectivity index (χ1) is 9.89. The molecule has 2 saturated carbocycles. The molecule has 1 aromatic carbocycles. The maximum Gasteiger partial charge on any atom is 0.119 e. The lowest BCUT2D eigenvalue weighted by Crippen LogP contribution is -2.47. The van der Waals surface area contributed by atoms with Crippen molar-refractivity contribution in [3.63, 3.8) is 0 Å². The largest absolute Gasteiger partial charge is 0.488 e. The SMILES string of the molecule is c1ccc(OC2CCCC3NC32C2CCCCC2)cc1. The van der Waals surface area contributed by atoms with Crippen molar-refractivity contribution in [3.8, 4) is 5.75 Å². The summed E-state index contributed by atoms with van der Waals surface area (Å²) in [5, 5.41) is 3.86. The molecule has 0 spiro atoms. The van der Waals surface area contributed by atoms with Crippen molar-refractivity contribution in [1.29, 1.82) is 0 Å². The van der Waals surface area contributed by atoms with Crippen LogP contribution in [0.5, 0.6) is 5.75 Å². The molecular formula is C18H25NO. The molecule has 2 aliphatic carbocycles. The molecule has 1 saturated heterocycles. The van der Waals surface area contributed by atoms with Gasteiger partial charge >= 0.3 is 0 Å². The Bertz CT molecular complexity index is 454. The maximum atomic E-state index is 6.40. The molecule has 0 aromatic heterocycles. The van der Waals surface area contributed by atoms with Crippen LogP contribution >= 0.6 is 0 Å². The number of hydrogen-bond donors (Lipinski definition) is 1. The first-order valence-corrected chi connectivity index (χ1v) is 8.39. The molecule has 0 radical (unpaired) electrons. The zero-order valence-corrected chi connectivity index (χ0v) is 12.2. The van der Waals surface area contributed by atoms with Gasteiger partial charge in [0.1, 0.15) is 11.9 Å². The van der Waals surface area contributed by atoms with E-state index in [0.717, 1.165) is 17.7 Å². The van der Waals surface area contributed by atoms with Gasteiger partial charge in [0.05, 0.1) is 5.54 Å². The lowest BCUT2D eigenvalue weighted by atomic mass is 9.71. The van der Waals surface area contributed by atoms with Crippen LogP contribution in [0.3, 0.4) is 0 Å². The van der Waals surface area contributed by atoms with Crippen molar-refractivity contribution >= 4 is 0 Å². The van der Waals surface area contributed by atoms with Crippen LogP contribution in [0.15, 0.2) is 30.3 Å². The summed E-state index contributed by atoms with van der Waals surface area (Å²) in [5.74, 6) is 1.89. The fourth-order valence-electron chi connectivity index (χ4n) is 4.70. The minimum atomic E-state index is 0.314. The topological polar surface area (TPSA) is 31.2 Å². The third-order valence-electron chi connectivity index (χ3n) is 5.71. The Kier molecular flexibility index (Phi) is 3.22. The first-order valence-electron chi connectivity index (χ1n) is 8.39. The second-order valence-corrected chi connectivity index (χ2v) is 6.82. The van der Waals surface area contributed by atoms with E-state index in [-0.39, 0.29) is 0 Å². The Morgan fingerprint density at radius 2 is 1.70 bits per heavy atom. The predicted molar refractivity (Wildman–Crippen MR) is 80.9 cm³/mol. The third kappa shape index (κ3) is 2.05. The second-order valence-electron chi connectivity index (χ2n) is 6.82. The van der Waals surface area contributed by atoms with E-state index in [4.69, 9.17) is 4.74 Å². The molecule has 0 bridgehead atoms. The van der Waals surface area contributed by atoms with E-state index in [1.165, 1.54) is 51.4 Å². The average Bonchev–Trinajstić information content (AvgIpc) is 3.26. The van der Waals surface area contributed by atoms with Crippen molar-refractivity contribution < 1.29 is 4.74 Å². The van der Waals surface area contributed by atoms with E-state index in [0.29, 0.717) is 11.6 Å². The summed E-state index contributed by atoms with van der Waals surface area (Å²) >= 11 is 0. The van der Waals surface area contributed by atoms with Crippen LogP contribution in [0, 0.1) is 5.92 Å². The molecule has 2 nitrogen and oxygen atoms in total. The van der Waals surface area contributed by atoms with Crippen LogP contribution in [-0.2, 0) is 0 Å². The summed E-state index contributed by atoms with van der Waals surface area (Å²) in [6.07, 6.45) is 11.3. The van der Waals surface area contributed by atoms with Crippen molar-refractivity contribution in [2.45, 2.75) is 69.1 Å². The lowest BCUT2D eigenvalue weighted by Gasteiger charge is -2.38. The molecule has 1 N–H and O–H groups in total. The lowest BCUT2D eigenvalue weighted by molar-refractivity contribution is 0.0790. The molecule has 1 heterocycles. The van der Waals surface area contributed by atoms with Gasteiger partial charge in [0.2, 0.25) is 0 Å². The highest BCUT2D eigenvalue weighted by atomic mass is 16.5. The molecule has 3 unspecified atom stereocenters. The minimum Gasteiger partial charge on any atom is -0.488 e. The summed E-state index contributed by atoms with van der Waals surface area (Å²) in [5.41, 5.74) is 0.314. The Hall–Kier alpha value is -1.02. The number of fused-ring (bicyclic) bond motifs is 1. The normalized spacial score (nSPS) is 37.2. The zero-order valence-electron chi connectivity index (χ0n) is 12.2. The third-order valence-corrected chi connectivity index (χ3v) is 5.71. The fraction of sp³-hybridized carbons (Fsp3) is 0.667. The molecule has 3 aliphatic rings. The molecule has 3 atom stereocenters. The number of rotatable bonds is 3. The molecule has 1 aromatic rings. The van der Waals surface area contributed by atoms with E-state index >= 15 is 0 Å². The molecular weight excluding hydrogens is 246 g/mol. The Morgan fingerprint density at radius 3 is 2.50 bits per heavy atom. The van der Waals surface area contributed by atoms with Gasteiger partial charge < -0.3 is 10.1 Å². The Balaban J connectivity index is 1.54. The monoisotopic (exact) mass is 271 g/mol. The summed E-state index contributed by atoms with van der Waals surface area (Å²) < 4.78 is 6.40. The van der Waals surface area contributed by atoms with Crippen LogP contribution in [0.4, 0.5) is 0 Å². The van der Waals surface area contributed by atoms with E-state index in [9.17, 15) is 0 Å². The molecule has 4 rings (SSSR count). The van der Waals surface area contributed by atoms with Crippen LogP contribution in [0.1, 0.15) is 51.4 Å². The van der Waals surface area contributed by atoms with E-state index < -0.39 is 0 Å². The molecule has 1 aliphatic heterocycles. The highest BCUT2D eigenvalue weighted by molar-refractivity contribution is 5.28. The van der Waals surface area contributed by atoms with E-state index in [2.05, 4.69) is 35.6 Å². The number of hydrogen-bond acceptors (Lipinski definition) is 2. The summed E-state index contributed by atoms with van der Waals surface area (Å²) in [4.78, 5) is 0. The summed E-state index contributed by atoms with van der Waals surface area (Å²) in [7, 11) is 0. The van der Waals surface area contributed by atoms with Gasteiger partial charge in [-0.05, 0) is 50.2 Å². The predicted octanol–water partition coefficient (Wildman–Crippen LogP) is 3.91. The van der Waals surface area contributed by atoms with Crippen molar-refractivity contribution in [2.24, 2.45) is 5.92 Å².